The molecule has 0 amide bonds. The summed E-state index contributed by atoms with van der Waals surface area (Å²) in [6.45, 7) is 2.14. The Bertz CT molecular complexity index is 934. The lowest BCUT2D eigenvalue weighted by atomic mass is 9.97. The second-order valence-electron chi connectivity index (χ2n) is 5.59. The molecule has 21 heavy (non-hydrogen) atoms. The summed E-state index contributed by atoms with van der Waals surface area (Å²) in [4.78, 5) is 0. The number of aryl methyl sites for hydroxylation is 1. The maximum Gasteiger partial charge on any atom is -0.0105 e. The summed E-state index contributed by atoms with van der Waals surface area (Å²) in [7, 11) is 0. The molecule has 0 aromatic heterocycles. The highest BCUT2D eigenvalue weighted by Crippen LogP contribution is 2.30. The van der Waals surface area contributed by atoms with E-state index < -0.39 is 0 Å². The predicted molar refractivity (Wildman–Crippen MR) is 91.6 cm³/mol. The highest BCUT2D eigenvalue weighted by Gasteiger charge is 2.03. The van der Waals surface area contributed by atoms with Crippen LogP contribution in [0.1, 0.15) is 5.56 Å². The molecule has 0 heteroatoms. The summed E-state index contributed by atoms with van der Waals surface area (Å²) in [6, 6.07) is 28.4. The van der Waals surface area contributed by atoms with E-state index in [4.69, 9.17) is 0 Å². The molecule has 0 radical (unpaired) electrons. The quantitative estimate of drug-likeness (QED) is 0.373. The topological polar surface area (TPSA) is 0 Å². The summed E-state index contributed by atoms with van der Waals surface area (Å²) in [5.74, 6) is 0. The van der Waals surface area contributed by atoms with Gasteiger partial charge in [-0.1, -0.05) is 78.4 Å². The van der Waals surface area contributed by atoms with Crippen molar-refractivity contribution in [2.45, 2.75) is 6.92 Å². The van der Waals surface area contributed by atoms with Gasteiger partial charge in [-0.05, 0) is 45.7 Å². The van der Waals surface area contributed by atoms with E-state index in [-0.39, 0.29) is 0 Å². The molecule has 0 atom stereocenters. The van der Waals surface area contributed by atoms with Crippen LogP contribution in [0, 0.1) is 6.92 Å². The second kappa shape index (κ2) is 4.75. The van der Waals surface area contributed by atoms with Crippen molar-refractivity contribution in [1.29, 1.82) is 0 Å². The molecule has 0 aliphatic carbocycles. The summed E-state index contributed by atoms with van der Waals surface area (Å²) in [5, 5.41) is 5.27. The molecule has 4 aromatic rings. The van der Waals surface area contributed by atoms with E-state index >= 15 is 0 Å². The van der Waals surface area contributed by atoms with Gasteiger partial charge in [0.15, 0.2) is 0 Å². The smallest absolute Gasteiger partial charge is 0.0105 e. The van der Waals surface area contributed by atoms with Crippen LogP contribution in [0.3, 0.4) is 0 Å². The van der Waals surface area contributed by atoms with Crippen LogP contribution in [0.5, 0.6) is 0 Å². The number of fused-ring (bicyclic) bond motifs is 3. The molecule has 0 saturated carbocycles. The lowest BCUT2D eigenvalue weighted by Crippen LogP contribution is -1.82. The van der Waals surface area contributed by atoms with Crippen molar-refractivity contribution >= 4 is 21.5 Å². The van der Waals surface area contributed by atoms with Gasteiger partial charge in [0.05, 0.1) is 0 Å². The van der Waals surface area contributed by atoms with Crippen molar-refractivity contribution < 1.29 is 0 Å². The minimum absolute atomic E-state index is 1.27. The van der Waals surface area contributed by atoms with E-state index in [9.17, 15) is 0 Å². The van der Waals surface area contributed by atoms with Crippen LogP contribution in [0.15, 0.2) is 78.9 Å². The zero-order valence-electron chi connectivity index (χ0n) is 12.0. The Balaban J connectivity index is 1.97. The van der Waals surface area contributed by atoms with Gasteiger partial charge in [-0.3, -0.25) is 0 Å². The van der Waals surface area contributed by atoms with Gasteiger partial charge in [-0.2, -0.15) is 0 Å². The third-order valence-corrected chi connectivity index (χ3v) is 4.10. The third-order valence-electron chi connectivity index (χ3n) is 4.10. The molecule has 0 unspecified atom stereocenters. The first-order valence-electron chi connectivity index (χ1n) is 7.30. The Morgan fingerprint density at radius 2 is 1.19 bits per heavy atom. The number of hydrogen-bond donors (Lipinski definition) is 0. The maximum absolute atomic E-state index is 2.28. The molecule has 0 nitrogen and oxygen atoms in total. The van der Waals surface area contributed by atoms with E-state index in [0.717, 1.165) is 0 Å². The fraction of sp³-hybridized carbons (Fsp3) is 0.0476. The van der Waals surface area contributed by atoms with Crippen molar-refractivity contribution in [1.82, 2.24) is 0 Å². The zero-order chi connectivity index (χ0) is 14.2. The Kier molecular flexibility index (Phi) is 2.75. The summed E-state index contributed by atoms with van der Waals surface area (Å²) >= 11 is 0. The second-order valence-corrected chi connectivity index (χ2v) is 5.59. The highest BCUT2D eigenvalue weighted by molar-refractivity contribution is 6.08. The molecule has 0 bridgehead atoms. The Morgan fingerprint density at radius 3 is 1.95 bits per heavy atom. The zero-order valence-corrected chi connectivity index (χ0v) is 12.0. The van der Waals surface area contributed by atoms with Crippen molar-refractivity contribution in [2.75, 3.05) is 0 Å². The average molecular weight is 268 g/mol. The molecular weight excluding hydrogens is 252 g/mol. The molecule has 0 N–H and O–H groups in total. The summed E-state index contributed by atoms with van der Waals surface area (Å²) in [5.41, 5.74) is 3.85. The molecule has 0 saturated heterocycles. The molecule has 0 spiro atoms. The van der Waals surface area contributed by atoms with Gasteiger partial charge in [0.2, 0.25) is 0 Å². The van der Waals surface area contributed by atoms with Crippen molar-refractivity contribution in [3.63, 3.8) is 0 Å². The van der Waals surface area contributed by atoms with Crippen molar-refractivity contribution in [3.8, 4) is 11.1 Å². The minimum atomic E-state index is 1.27. The third kappa shape index (κ3) is 2.09. The first kappa shape index (κ1) is 12.2. The van der Waals surface area contributed by atoms with Gasteiger partial charge in [0.1, 0.15) is 0 Å². The highest BCUT2D eigenvalue weighted by atomic mass is 14.1. The van der Waals surface area contributed by atoms with E-state index in [1.807, 2.05) is 0 Å². The molecule has 0 aliphatic heterocycles. The van der Waals surface area contributed by atoms with Crippen LogP contribution in [0.4, 0.5) is 0 Å². The molecular formula is C21H16. The van der Waals surface area contributed by atoms with E-state index in [1.54, 1.807) is 0 Å². The van der Waals surface area contributed by atoms with Crippen LogP contribution in [-0.4, -0.2) is 0 Å². The van der Waals surface area contributed by atoms with Crippen LogP contribution < -0.4 is 0 Å². The van der Waals surface area contributed by atoms with Crippen LogP contribution in [0.2, 0.25) is 0 Å². The normalized spacial score (nSPS) is 11.1. The average Bonchev–Trinajstić information content (AvgIpc) is 2.54. The first-order valence-corrected chi connectivity index (χ1v) is 7.30. The minimum Gasteiger partial charge on any atom is -0.0622 e. The fourth-order valence-corrected chi connectivity index (χ4v) is 3.00. The van der Waals surface area contributed by atoms with Gasteiger partial charge in [-0.15, -0.1) is 0 Å². The van der Waals surface area contributed by atoms with E-state index in [1.165, 1.54) is 38.2 Å². The van der Waals surface area contributed by atoms with Crippen molar-refractivity contribution in [3.05, 3.63) is 84.4 Å². The Hall–Kier alpha value is -2.60. The molecule has 100 valence electrons. The van der Waals surface area contributed by atoms with E-state index in [2.05, 4.69) is 85.8 Å². The standard InChI is InChI=1S/C21H16/c1-15-7-11-20-18(13-15)8-9-19-14-17(10-12-21(19)20)16-5-3-2-4-6-16/h2-14H,1H3. The Morgan fingerprint density at radius 1 is 0.524 bits per heavy atom. The van der Waals surface area contributed by atoms with Gasteiger partial charge >= 0.3 is 0 Å². The monoisotopic (exact) mass is 268 g/mol. The molecule has 0 aliphatic rings. The first-order chi connectivity index (χ1) is 10.3. The van der Waals surface area contributed by atoms with Gasteiger partial charge in [-0.25, -0.2) is 0 Å². The SMILES string of the molecule is Cc1ccc2c(ccc3cc(-c4ccccc4)ccc32)c1. The number of hydrogen-bond acceptors (Lipinski definition) is 0. The van der Waals surface area contributed by atoms with Gasteiger partial charge in [0.25, 0.3) is 0 Å². The fourth-order valence-electron chi connectivity index (χ4n) is 3.00. The largest absolute Gasteiger partial charge is 0.0622 e. The van der Waals surface area contributed by atoms with Crippen molar-refractivity contribution in [2.24, 2.45) is 0 Å². The van der Waals surface area contributed by atoms with Crippen LogP contribution in [0.25, 0.3) is 32.7 Å². The molecule has 4 aromatic carbocycles. The number of rotatable bonds is 1. The summed E-state index contributed by atoms with van der Waals surface area (Å²) < 4.78 is 0. The Labute approximate surface area is 124 Å². The summed E-state index contributed by atoms with van der Waals surface area (Å²) in [6.07, 6.45) is 0. The van der Waals surface area contributed by atoms with E-state index in [0.29, 0.717) is 0 Å². The van der Waals surface area contributed by atoms with Crippen LogP contribution in [-0.2, 0) is 0 Å². The molecule has 4 rings (SSSR count). The lowest BCUT2D eigenvalue weighted by molar-refractivity contribution is 1.51. The number of benzene rings is 4. The molecule has 0 fully saturated rings. The van der Waals surface area contributed by atoms with Gasteiger partial charge < -0.3 is 0 Å². The van der Waals surface area contributed by atoms with Gasteiger partial charge in [0, 0.05) is 0 Å². The molecule has 0 heterocycles. The maximum atomic E-state index is 2.28. The van der Waals surface area contributed by atoms with Crippen LogP contribution >= 0.6 is 0 Å². The predicted octanol–water partition coefficient (Wildman–Crippen LogP) is 5.97. The lowest BCUT2D eigenvalue weighted by Gasteiger charge is -2.08.